The Kier molecular flexibility index (Phi) is 7.56. The predicted molar refractivity (Wildman–Crippen MR) is 87.1 cm³/mol. The zero-order valence-electron chi connectivity index (χ0n) is 13.4. The number of nitrogens with one attached hydrogen (secondary N) is 3. The average molecular weight is 307 g/mol. The van der Waals surface area contributed by atoms with Crippen molar-refractivity contribution in [2.75, 3.05) is 25.5 Å². The van der Waals surface area contributed by atoms with E-state index in [4.69, 9.17) is 0 Å². The molecule has 6 heteroatoms. The van der Waals surface area contributed by atoms with Crippen LogP contribution in [0.1, 0.15) is 24.0 Å². The highest BCUT2D eigenvalue weighted by Crippen LogP contribution is 2.14. The van der Waals surface area contributed by atoms with Gasteiger partial charge in [0.15, 0.2) is 0 Å². The topological polar surface area (TPSA) is 90.5 Å². The number of hydrogen-bond donors (Lipinski definition) is 4. The fraction of sp³-hybridized carbons (Fsp3) is 0.500. The maximum absolute atomic E-state index is 12.0. The largest absolute Gasteiger partial charge is 0.480 e. The van der Waals surface area contributed by atoms with Crippen LogP contribution in [0.25, 0.3) is 0 Å². The molecule has 0 saturated carbocycles. The zero-order valence-corrected chi connectivity index (χ0v) is 13.4. The van der Waals surface area contributed by atoms with E-state index in [9.17, 15) is 14.7 Å². The van der Waals surface area contributed by atoms with Gasteiger partial charge in [-0.3, -0.25) is 9.59 Å². The highest BCUT2D eigenvalue weighted by atomic mass is 16.4. The molecule has 1 aromatic rings. The Balaban J connectivity index is 2.54. The number of anilines is 1. The highest BCUT2D eigenvalue weighted by molar-refractivity contribution is 5.94. The first kappa shape index (κ1) is 18.1. The predicted octanol–water partition coefficient (Wildman–Crippen LogP) is 1.28. The number of carbonyl (C=O) groups is 2. The number of aryl methyl sites for hydroxylation is 2. The molecule has 0 aliphatic heterocycles. The lowest BCUT2D eigenvalue weighted by molar-refractivity contribution is -0.141. The summed E-state index contributed by atoms with van der Waals surface area (Å²) in [6.07, 6.45) is 0.709. The van der Waals surface area contributed by atoms with Gasteiger partial charge in [-0.1, -0.05) is 6.07 Å². The molecular weight excluding hydrogens is 282 g/mol. The van der Waals surface area contributed by atoms with Crippen molar-refractivity contribution in [2.24, 2.45) is 0 Å². The lowest BCUT2D eigenvalue weighted by Crippen LogP contribution is -2.40. The minimum absolute atomic E-state index is 0.0954. The van der Waals surface area contributed by atoms with Crippen molar-refractivity contribution in [3.05, 3.63) is 29.3 Å². The Bertz CT molecular complexity index is 497. The fourth-order valence-corrected chi connectivity index (χ4v) is 2.23. The smallest absolute Gasteiger partial charge is 0.321 e. The summed E-state index contributed by atoms with van der Waals surface area (Å²) in [5.41, 5.74) is 2.80. The summed E-state index contributed by atoms with van der Waals surface area (Å²) >= 11 is 0. The molecule has 1 aromatic carbocycles. The van der Waals surface area contributed by atoms with Crippen molar-refractivity contribution >= 4 is 17.6 Å². The van der Waals surface area contributed by atoms with Crippen LogP contribution in [0, 0.1) is 13.8 Å². The van der Waals surface area contributed by atoms with Crippen LogP contribution >= 0.6 is 0 Å². The number of carboxylic acids is 1. The van der Waals surface area contributed by atoms with Crippen LogP contribution in [-0.2, 0) is 9.59 Å². The molecule has 0 radical (unpaired) electrons. The number of carboxylic acid groups (broad SMARTS) is 1. The third-order valence-electron chi connectivity index (χ3n) is 3.19. The van der Waals surface area contributed by atoms with Crippen LogP contribution in [0.3, 0.4) is 0 Å². The minimum atomic E-state index is -1.01. The highest BCUT2D eigenvalue weighted by Gasteiger charge is 2.20. The van der Waals surface area contributed by atoms with E-state index in [1.807, 2.05) is 39.1 Å². The Hall–Kier alpha value is -1.92. The molecule has 1 amide bonds. The molecule has 0 aliphatic carbocycles. The SMILES string of the molecule is CNCCCN[C@H](CC(=O)Nc1cc(C)cc(C)c1)C(=O)O. The van der Waals surface area contributed by atoms with Crippen molar-refractivity contribution < 1.29 is 14.7 Å². The first-order chi connectivity index (χ1) is 10.4. The van der Waals surface area contributed by atoms with Gasteiger partial charge in [0, 0.05) is 5.69 Å². The monoisotopic (exact) mass is 307 g/mol. The van der Waals surface area contributed by atoms with E-state index >= 15 is 0 Å². The molecule has 0 fully saturated rings. The Morgan fingerprint density at radius 2 is 1.77 bits per heavy atom. The van der Waals surface area contributed by atoms with Crippen molar-refractivity contribution in [2.45, 2.75) is 32.7 Å². The minimum Gasteiger partial charge on any atom is -0.480 e. The van der Waals surface area contributed by atoms with Crippen molar-refractivity contribution in [3.63, 3.8) is 0 Å². The first-order valence-corrected chi connectivity index (χ1v) is 7.41. The normalized spacial score (nSPS) is 12.0. The quantitative estimate of drug-likeness (QED) is 0.516. The zero-order chi connectivity index (χ0) is 16.5. The third-order valence-corrected chi connectivity index (χ3v) is 3.19. The van der Waals surface area contributed by atoms with Crippen LogP contribution < -0.4 is 16.0 Å². The number of carbonyl (C=O) groups excluding carboxylic acids is 1. The van der Waals surface area contributed by atoms with Crippen LogP contribution in [0.15, 0.2) is 18.2 Å². The molecule has 1 atom stereocenters. The summed E-state index contributed by atoms with van der Waals surface area (Å²) in [6, 6.07) is 4.86. The van der Waals surface area contributed by atoms with Gasteiger partial charge in [0.1, 0.15) is 6.04 Å². The van der Waals surface area contributed by atoms with Crippen LogP contribution in [0.2, 0.25) is 0 Å². The summed E-state index contributed by atoms with van der Waals surface area (Å²) in [7, 11) is 1.84. The second kappa shape index (κ2) is 9.17. The van der Waals surface area contributed by atoms with Gasteiger partial charge in [-0.25, -0.2) is 0 Å². The third kappa shape index (κ3) is 6.69. The second-order valence-electron chi connectivity index (χ2n) is 5.43. The van der Waals surface area contributed by atoms with E-state index in [1.54, 1.807) is 0 Å². The maximum atomic E-state index is 12.0. The molecule has 6 nitrogen and oxygen atoms in total. The molecule has 0 bridgehead atoms. The maximum Gasteiger partial charge on any atom is 0.321 e. The number of benzene rings is 1. The molecule has 4 N–H and O–H groups in total. The molecule has 0 heterocycles. The van der Waals surface area contributed by atoms with Gasteiger partial charge in [-0.2, -0.15) is 0 Å². The van der Waals surface area contributed by atoms with Crippen LogP contribution in [0.5, 0.6) is 0 Å². The van der Waals surface area contributed by atoms with Crippen LogP contribution in [-0.4, -0.2) is 43.2 Å². The lowest BCUT2D eigenvalue weighted by Gasteiger charge is -2.14. The van der Waals surface area contributed by atoms with Crippen molar-refractivity contribution in [1.29, 1.82) is 0 Å². The van der Waals surface area contributed by atoms with Crippen LogP contribution in [0.4, 0.5) is 5.69 Å². The molecule has 1 rings (SSSR count). The molecule has 0 aliphatic rings. The van der Waals surface area contributed by atoms with Gasteiger partial charge in [-0.05, 0) is 63.7 Å². The molecule has 0 unspecified atom stereocenters. The lowest BCUT2D eigenvalue weighted by atomic mass is 10.1. The number of aliphatic carboxylic acids is 1. The Labute approximate surface area is 131 Å². The molecule has 122 valence electrons. The summed E-state index contributed by atoms with van der Waals surface area (Å²) in [5, 5.41) is 17.8. The van der Waals surface area contributed by atoms with E-state index in [0.29, 0.717) is 12.2 Å². The summed E-state index contributed by atoms with van der Waals surface area (Å²) in [4.78, 5) is 23.2. The van der Waals surface area contributed by atoms with E-state index in [-0.39, 0.29) is 12.3 Å². The van der Waals surface area contributed by atoms with E-state index in [2.05, 4.69) is 16.0 Å². The Morgan fingerprint density at radius 1 is 1.14 bits per heavy atom. The van der Waals surface area contributed by atoms with Gasteiger partial charge in [0.05, 0.1) is 6.42 Å². The van der Waals surface area contributed by atoms with Gasteiger partial charge in [0.25, 0.3) is 0 Å². The molecule has 22 heavy (non-hydrogen) atoms. The van der Waals surface area contributed by atoms with Gasteiger partial charge in [-0.15, -0.1) is 0 Å². The molecule has 0 aromatic heterocycles. The second-order valence-corrected chi connectivity index (χ2v) is 5.43. The van der Waals surface area contributed by atoms with Gasteiger partial charge >= 0.3 is 5.97 Å². The van der Waals surface area contributed by atoms with Gasteiger partial charge < -0.3 is 21.1 Å². The number of rotatable bonds is 9. The Morgan fingerprint density at radius 3 is 2.32 bits per heavy atom. The standard InChI is InChI=1S/C16H25N3O3/c1-11-7-12(2)9-13(8-11)19-15(20)10-14(16(21)22)18-6-4-5-17-3/h7-9,14,17-18H,4-6,10H2,1-3H3,(H,19,20)(H,21,22)/t14-/m1/s1. The molecule has 0 saturated heterocycles. The van der Waals surface area contributed by atoms with Gasteiger partial charge in [0.2, 0.25) is 5.91 Å². The molecular formula is C16H25N3O3. The number of hydrogen-bond acceptors (Lipinski definition) is 4. The van der Waals surface area contributed by atoms with E-state index in [1.165, 1.54) is 0 Å². The summed E-state index contributed by atoms with van der Waals surface area (Å²) in [5.74, 6) is -1.32. The molecule has 0 spiro atoms. The fourth-order valence-electron chi connectivity index (χ4n) is 2.23. The average Bonchev–Trinajstić information content (AvgIpc) is 2.40. The van der Waals surface area contributed by atoms with E-state index < -0.39 is 12.0 Å². The van der Waals surface area contributed by atoms with Crippen molar-refractivity contribution in [1.82, 2.24) is 10.6 Å². The van der Waals surface area contributed by atoms with Crippen molar-refractivity contribution in [3.8, 4) is 0 Å². The number of amides is 1. The van der Waals surface area contributed by atoms with E-state index in [0.717, 1.165) is 24.1 Å². The summed E-state index contributed by atoms with van der Waals surface area (Å²) in [6.45, 7) is 5.25. The summed E-state index contributed by atoms with van der Waals surface area (Å²) < 4.78 is 0. The first-order valence-electron chi connectivity index (χ1n) is 7.41.